The number of rotatable bonds is 5. The number of thioether (sulfide) groups is 1. The van der Waals surface area contributed by atoms with Crippen molar-refractivity contribution in [2.24, 2.45) is 5.92 Å². The summed E-state index contributed by atoms with van der Waals surface area (Å²) < 4.78 is 0. The molecule has 2 aromatic rings. The third-order valence-electron chi connectivity index (χ3n) is 2.33. The SMILES string of the molecule is CC(C)CNC(=O)CSc1nc2ncc(Cl)cc2[nH]1. The largest absolute Gasteiger partial charge is 0.355 e. The van der Waals surface area contributed by atoms with Gasteiger partial charge in [0.15, 0.2) is 10.8 Å². The molecule has 0 aliphatic carbocycles. The van der Waals surface area contributed by atoms with Crippen molar-refractivity contribution in [2.75, 3.05) is 12.3 Å². The van der Waals surface area contributed by atoms with Crippen molar-refractivity contribution in [1.82, 2.24) is 20.3 Å². The Labute approximate surface area is 120 Å². The monoisotopic (exact) mass is 298 g/mol. The lowest BCUT2D eigenvalue weighted by atomic mass is 10.2. The van der Waals surface area contributed by atoms with Crippen LogP contribution in [0.15, 0.2) is 17.4 Å². The van der Waals surface area contributed by atoms with Crippen molar-refractivity contribution >= 4 is 40.4 Å². The lowest BCUT2D eigenvalue weighted by Gasteiger charge is -2.06. The van der Waals surface area contributed by atoms with Gasteiger partial charge in [0, 0.05) is 12.7 Å². The second-order valence-corrected chi connectivity index (χ2v) is 5.95. The summed E-state index contributed by atoms with van der Waals surface area (Å²) in [5.74, 6) is 0.789. The fourth-order valence-electron chi connectivity index (χ4n) is 1.42. The normalized spacial score (nSPS) is 11.2. The standard InChI is InChI=1S/C12H15ClN4OS/c1-7(2)4-14-10(18)6-19-12-16-9-3-8(13)5-15-11(9)17-12/h3,5,7H,4,6H2,1-2H3,(H,14,18)(H,15,16,17). The van der Waals surface area contributed by atoms with Crippen LogP contribution in [0.3, 0.4) is 0 Å². The van der Waals surface area contributed by atoms with Gasteiger partial charge in [-0.1, -0.05) is 37.2 Å². The van der Waals surface area contributed by atoms with Gasteiger partial charge in [-0.3, -0.25) is 4.79 Å². The Morgan fingerprint density at radius 1 is 1.58 bits per heavy atom. The van der Waals surface area contributed by atoms with Crippen molar-refractivity contribution < 1.29 is 4.79 Å². The predicted molar refractivity (Wildman–Crippen MR) is 77.5 cm³/mol. The number of aromatic nitrogens is 3. The average molecular weight is 299 g/mol. The molecule has 0 aliphatic heterocycles. The van der Waals surface area contributed by atoms with Crippen molar-refractivity contribution in [2.45, 2.75) is 19.0 Å². The number of aromatic amines is 1. The van der Waals surface area contributed by atoms with Gasteiger partial charge in [0.25, 0.3) is 0 Å². The summed E-state index contributed by atoms with van der Waals surface area (Å²) in [6.07, 6.45) is 1.55. The third-order valence-corrected chi connectivity index (χ3v) is 3.41. The number of carbonyl (C=O) groups excluding carboxylic acids is 1. The molecular weight excluding hydrogens is 284 g/mol. The van der Waals surface area contributed by atoms with E-state index in [1.165, 1.54) is 11.8 Å². The molecule has 2 N–H and O–H groups in total. The van der Waals surface area contributed by atoms with E-state index in [2.05, 4.69) is 34.1 Å². The minimum absolute atomic E-state index is 0.00477. The van der Waals surface area contributed by atoms with E-state index < -0.39 is 0 Å². The number of nitrogens with one attached hydrogen (secondary N) is 2. The second-order valence-electron chi connectivity index (χ2n) is 4.55. The molecule has 0 atom stereocenters. The molecule has 0 saturated heterocycles. The number of imidazole rings is 1. The van der Waals surface area contributed by atoms with Crippen molar-refractivity contribution in [1.29, 1.82) is 0 Å². The highest BCUT2D eigenvalue weighted by Gasteiger charge is 2.08. The number of halogens is 1. The Hall–Kier alpha value is -1.27. The number of pyridine rings is 1. The van der Waals surface area contributed by atoms with E-state index in [1.807, 2.05) is 0 Å². The predicted octanol–water partition coefficient (Wildman–Crippen LogP) is 2.48. The van der Waals surface area contributed by atoms with Gasteiger partial charge in [0.1, 0.15) is 0 Å². The fourth-order valence-corrected chi connectivity index (χ4v) is 2.28. The Morgan fingerprint density at radius 3 is 3.11 bits per heavy atom. The Kier molecular flexibility index (Phi) is 4.66. The van der Waals surface area contributed by atoms with E-state index in [4.69, 9.17) is 11.6 Å². The lowest BCUT2D eigenvalue weighted by molar-refractivity contribution is -0.118. The smallest absolute Gasteiger partial charge is 0.230 e. The summed E-state index contributed by atoms with van der Waals surface area (Å²) in [5, 5.41) is 4.09. The van der Waals surface area contributed by atoms with Gasteiger partial charge in [0.2, 0.25) is 5.91 Å². The molecule has 102 valence electrons. The van der Waals surface area contributed by atoms with Crippen LogP contribution in [0, 0.1) is 5.92 Å². The molecule has 0 spiro atoms. The molecule has 0 fully saturated rings. The molecule has 1 amide bonds. The quantitative estimate of drug-likeness (QED) is 0.832. The highest BCUT2D eigenvalue weighted by Crippen LogP contribution is 2.20. The van der Waals surface area contributed by atoms with Crippen molar-refractivity contribution in [3.05, 3.63) is 17.3 Å². The summed E-state index contributed by atoms with van der Waals surface area (Å²) in [5.41, 5.74) is 1.38. The van der Waals surface area contributed by atoms with Crippen molar-refractivity contribution in [3.8, 4) is 0 Å². The summed E-state index contributed by atoms with van der Waals surface area (Å²) in [6, 6.07) is 1.76. The molecule has 0 aliphatic rings. The van der Waals surface area contributed by atoms with Crippen LogP contribution in [0.25, 0.3) is 11.2 Å². The molecule has 5 nitrogen and oxygen atoms in total. The molecule has 0 unspecified atom stereocenters. The molecule has 2 rings (SSSR count). The third kappa shape index (κ3) is 4.11. The molecule has 0 aromatic carbocycles. The molecular formula is C12H15ClN4OS. The van der Waals surface area contributed by atoms with Crippen LogP contribution >= 0.6 is 23.4 Å². The van der Waals surface area contributed by atoms with E-state index in [1.54, 1.807) is 12.3 Å². The van der Waals surface area contributed by atoms with Gasteiger partial charge in [-0.25, -0.2) is 9.97 Å². The summed E-state index contributed by atoms with van der Waals surface area (Å²) in [7, 11) is 0. The Bertz CT molecular complexity index is 584. The average Bonchev–Trinajstić information content (AvgIpc) is 2.75. The molecule has 0 bridgehead atoms. The summed E-state index contributed by atoms with van der Waals surface area (Å²) in [4.78, 5) is 23.0. The van der Waals surface area contributed by atoms with Crippen LogP contribution in [0.1, 0.15) is 13.8 Å². The van der Waals surface area contributed by atoms with E-state index in [9.17, 15) is 4.79 Å². The molecule has 0 saturated carbocycles. The molecule has 0 radical (unpaired) electrons. The fraction of sp³-hybridized carbons (Fsp3) is 0.417. The van der Waals surface area contributed by atoms with Crippen LogP contribution in [0.2, 0.25) is 5.02 Å². The van der Waals surface area contributed by atoms with E-state index in [0.717, 1.165) is 5.52 Å². The molecule has 19 heavy (non-hydrogen) atoms. The van der Waals surface area contributed by atoms with Gasteiger partial charge >= 0.3 is 0 Å². The molecule has 7 heteroatoms. The van der Waals surface area contributed by atoms with E-state index in [-0.39, 0.29) is 5.91 Å². The minimum atomic E-state index is 0.00477. The zero-order chi connectivity index (χ0) is 13.8. The van der Waals surface area contributed by atoms with Crippen LogP contribution in [-0.2, 0) is 4.79 Å². The van der Waals surface area contributed by atoms with Gasteiger partial charge in [0.05, 0.1) is 16.3 Å². The first-order chi connectivity index (χ1) is 9.04. The van der Waals surface area contributed by atoms with Crippen molar-refractivity contribution in [3.63, 3.8) is 0 Å². The number of amides is 1. The van der Waals surface area contributed by atoms with Crippen LogP contribution in [-0.4, -0.2) is 33.2 Å². The van der Waals surface area contributed by atoms with Gasteiger partial charge < -0.3 is 10.3 Å². The molecule has 2 aromatic heterocycles. The first-order valence-electron chi connectivity index (χ1n) is 5.95. The first kappa shape index (κ1) is 14.1. The maximum atomic E-state index is 11.6. The van der Waals surface area contributed by atoms with Gasteiger partial charge in [-0.15, -0.1) is 0 Å². The number of hydrogen-bond acceptors (Lipinski definition) is 4. The molecule has 2 heterocycles. The number of nitrogens with zero attached hydrogens (tertiary/aromatic N) is 2. The van der Waals surface area contributed by atoms with Gasteiger partial charge in [-0.05, 0) is 12.0 Å². The Balaban J connectivity index is 1.92. The highest BCUT2D eigenvalue weighted by atomic mass is 35.5. The number of fused-ring (bicyclic) bond motifs is 1. The number of H-pyrrole nitrogens is 1. The number of hydrogen-bond donors (Lipinski definition) is 2. The van der Waals surface area contributed by atoms with Crippen LogP contribution < -0.4 is 5.32 Å². The zero-order valence-corrected chi connectivity index (χ0v) is 12.3. The van der Waals surface area contributed by atoms with E-state index in [0.29, 0.717) is 34.0 Å². The summed E-state index contributed by atoms with van der Waals surface area (Å²) >= 11 is 7.20. The zero-order valence-electron chi connectivity index (χ0n) is 10.7. The van der Waals surface area contributed by atoms with Crippen LogP contribution in [0.5, 0.6) is 0 Å². The van der Waals surface area contributed by atoms with Gasteiger partial charge in [-0.2, -0.15) is 0 Å². The topological polar surface area (TPSA) is 70.7 Å². The first-order valence-corrected chi connectivity index (χ1v) is 7.31. The maximum Gasteiger partial charge on any atom is 0.230 e. The number of carbonyl (C=O) groups is 1. The summed E-state index contributed by atoms with van der Waals surface area (Å²) in [6.45, 7) is 4.81. The van der Waals surface area contributed by atoms with Crippen LogP contribution in [0.4, 0.5) is 0 Å². The second kappa shape index (κ2) is 6.25. The minimum Gasteiger partial charge on any atom is -0.355 e. The maximum absolute atomic E-state index is 11.6. The van der Waals surface area contributed by atoms with E-state index >= 15 is 0 Å². The lowest BCUT2D eigenvalue weighted by Crippen LogP contribution is -2.28. The Morgan fingerprint density at radius 2 is 2.37 bits per heavy atom. The highest BCUT2D eigenvalue weighted by molar-refractivity contribution is 7.99.